The summed E-state index contributed by atoms with van der Waals surface area (Å²) < 4.78 is 11.3. The Morgan fingerprint density at radius 3 is 1.13 bits per heavy atom. The molecule has 9 nitrogen and oxygen atoms in total. The lowest BCUT2D eigenvalue weighted by atomic mass is 9.99. The van der Waals surface area contributed by atoms with Crippen molar-refractivity contribution in [1.29, 1.82) is 0 Å². The predicted molar refractivity (Wildman–Crippen MR) is 327 cm³/mol. The maximum Gasteiger partial charge on any atom is 0.220 e. The first kappa shape index (κ1) is 73.2. The van der Waals surface area contributed by atoms with E-state index in [9.17, 15) is 30.3 Å². The Bertz CT molecular complexity index is 1350. The molecule has 0 aromatic carbocycles. The SMILES string of the molecule is CCCCCCC/C=C\C/C=C\C/C=C\CCCCCCCCCCCCCCCCCCC(=O)NC(COC1OC(CO)C(O)C(O)C1O)C(O)/C=C/CCCCCCCCCCCCCCCCCCCCCCC. The molecule has 0 saturated carbocycles. The second-order valence-electron chi connectivity index (χ2n) is 23.3. The summed E-state index contributed by atoms with van der Waals surface area (Å²) in [5.41, 5.74) is 0. The summed E-state index contributed by atoms with van der Waals surface area (Å²) in [5, 5.41) is 54.7. The lowest BCUT2D eigenvalue weighted by molar-refractivity contribution is -0.302. The van der Waals surface area contributed by atoms with Crippen molar-refractivity contribution in [2.75, 3.05) is 13.2 Å². The van der Waals surface area contributed by atoms with E-state index in [1.807, 2.05) is 6.08 Å². The van der Waals surface area contributed by atoms with Crippen LogP contribution < -0.4 is 5.32 Å². The van der Waals surface area contributed by atoms with Gasteiger partial charge in [0.15, 0.2) is 6.29 Å². The van der Waals surface area contributed by atoms with Crippen molar-refractivity contribution in [3.05, 3.63) is 48.6 Å². The zero-order valence-electron chi connectivity index (χ0n) is 50.5. The minimum absolute atomic E-state index is 0.173. The lowest BCUT2D eigenvalue weighted by Gasteiger charge is -2.40. The van der Waals surface area contributed by atoms with Crippen LogP contribution in [-0.2, 0) is 14.3 Å². The zero-order valence-corrected chi connectivity index (χ0v) is 50.5. The summed E-state index contributed by atoms with van der Waals surface area (Å²) >= 11 is 0. The molecule has 0 bridgehead atoms. The van der Waals surface area contributed by atoms with E-state index in [0.29, 0.717) is 6.42 Å². The largest absolute Gasteiger partial charge is 0.394 e. The molecular weight excluding hydrogens is 959 g/mol. The summed E-state index contributed by atoms with van der Waals surface area (Å²) in [5.74, 6) is -0.173. The standard InChI is InChI=1S/C68H127NO8/c1-3-5-7-9-11-13-15-17-19-21-23-25-27-28-29-30-31-32-33-34-36-38-40-42-44-46-48-50-52-54-56-58-64(72)69-61(60-76-68-67(75)66(74)65(73)63(59-70)77-68)62(71)57-55-53-51-49-47-45-43-41-39-37-35-26-24-22-20-18-16-14-12-10-8-6-4-2/h15,17,21,23,27-28,55,57,61-63,65-68,70-71,73-75H,3-14,16,18-20,22,24-26,29-54,56,58-60H2,1-2H3,(H,69,72)/b17-15-,23-21-,28-27-,57-55+. The van der Waals surface area contributed by atoms with Gasteiger partial charge in [0.05, 0.1) is 25.4 Å². The number of carbonyl (C=O) groups excluding carboxylic acids is 1. The van der Waals surface area contributed by atoms with Gasteiger partial charge in [-0.2, -0.15) is 0 Å². The van der Waals surface area contributed by atoms with E-state index in [-0.39, 0.29) is 12.5 Å². The van der Waals surface area contributed by atoms with E-state index in [1.54, 1.807) is 6.08 Å². The van der Waals surface area contributed by atoms with Gasteiger partial charge in [-0.15, -0.1) is 0 Å². The fourth-order valence-electron chi connectivity index (χ4n) is 10.6. The van der Waals surface area contributed by atoms with Crippen molar-refractivity contribution in [3.63, 3.8) is 0 Å². The second-order valence-corrected chi connectivity index (χ2v) is 23.3. The highest BCUT2D eigenvalue weighted by molar-refractivity contribution is 5.76. The number of hydrogen-bond donors (Lipinski definition) is 6. The van der Waals surface area contributed by atoms with E-state index in [0.717, 1.165) is 51.4 Å². The molecule has 9 heteroatoms. The van der Waals surface area contributed by atoms with Gasteiger partial charge >= 0.3 is 0 Å². The Balaban J connectivity index is 2.15. The van der Waals surface area contributed by atoms with Crippen LogP contribution in [0, 0.1) is 0 Å². The Labute approximate surface area is 475 Å². The highest BCUT2D eigenvalue weighted by Gasteiger charge is 2.44. The molecule has 7 unspecified atom stereocenters. The van der Waals surface area contributed by atoms with Crippen molar-refractivity contribution in [2.45, 2.75) is 365 Å². The first-order valence-corrected chi connectivity index (χ1v) is 33.4. The molecule has 1 aliphatic heterocycles. The van der Waals surface area contributed by atoms with Crippen molar-refractivity contribution in [1.82, 2.24) is 5.32 Å². The number of aliphatic hydroxyl groups is 5. The fourth-order valence-corrected chi connectivity index (χ4v) is 10.6. The lowest BCUT2D eigenvalue weighted by Crippen LogP contribution is -2.60. The maximum absolute atomic E-state index is 13.1. The third kappa shape index (κ3) is 46.5. The van der Waals surface area contributed by atoms with Crippen LogP contribution in [0.25, 0.3) is 0 Å². The number of allylic oxidation sites excluding steroid dienone is 7. The molecule has 0 aromatic rings. The van der Waals surface area contributed by atoms with Crippen LogP contribution in [0.3, 0.4) is 0 Å². The topological polar surface area (TPSA) is 149 Å². The zero-order chi connectivity index (χ0) is 55.8. The number of ether oxygens (including phenoxy) is 2. The monoisotopic (exact) mass is 1090 g/mol. The normalized spacial score (nSPS) is 19.0. The van der Waals surface area contributed by atoms with E-state index < -0.39 is 49.5 Å². The van der Waals surface area contributed by atoms with E-state index >= 15 is 0 Å². The smallest absolute Gasteiger partial charge is 0.220 e. The molecule has 0 aromatic heterocycles. The second kappa shape index (κ2) is 57.4. The average molecular weight is 1090 g/mol. The molecule has 1 heterocycles. The minimum Gasteiger partial charge on any atom is -0.394 e. The summed E-state index contributed by atoms with van der Waals surface area (Å²) in [6.45, 7) is 3.81. The number of amides is 1. The van der Waals surface area contributed by atoms with Crippen LogP contribution in [0.5, 0.6) is 0 Å². The Morgan fingerprint density at radius 2 is 0.766 bits per heavy atom. The third-order valence-electron chi connectivity index (χ3n) is 15.9. The van der Waals surface area contributed by atoms with Gasteiger partial charge < -0.3 is 40.3 Å². The highest BCUT2D eigenvalue weighted by Crippen LogP contribution is 2.23. The minimum atomic E-state index is -1.57. The van der Waals surface area contributed by atoms with Crippen LogP contribution >= 0.6 is 0 Å². The predicted octanol–water partition coefficient (Wildman–Crippen LogP) is 17.6. The molecular formula is C68H127NO8. The number of unbranched alkanes of at least 4 members (excludes halogenated alkanes) is 42. The van der Waals surface area contributed by atoms with Crippen molar-refractivity contribution in [3.8, 4) is 0 Å². The van der Waals surface area contributed by atoms with Crippen molar-refractivity contribution < 1.29 is 39.8 Å². The molecule has 1 saturated heterocycles. The molecule has 1 aliphatic rings. The molecule has 0 aliphatic carbocycles. The van der Waals surface area contributed by atoms with Gasteiger partial charge in [-0.3, -0.25) is 4.79 Å². The van der Waals surface area contributed by atoms with Crippen LogP contribution in [-0.4, -0.2) is 87.5 Å². The van der Waals surface area contributed by atoms with Gasteiger partial charge in [0.25, 0.3) is 0 Å². The van der Waals surface area contributed by atoms with Crippen molar-refractivity contribution >= 4 is 5.91 Å². The molecule has 1 rings (SSSR count). The Hall–Kier alpha value is -1.85. The van der Waals surface area contributed by atoms with Gasteiger partial charge in [-0.25, -0.2) is 0 Å². The Kier molecular flexibility index (Phi) is 54.5. The summed E-state index contributed by atoms with van der Waals surface area (Å²) in [4.78, 5) is 13.1. The molecule has 0 radical (unpaired) electrons. The first-order chi connectivity index (χ1) is 37.8. The quantitative estimate of drug-likeness (QED) is 0.0261. The highest BCUT2D eigenvalue weighted by atomic mass is 16.7. The third-order valence-corrected chi connectivity index (χ3v) is 15.9. The van der Waals surface area contributed by atoms with Gasteiger partial charge in [0.2, 0.25) is 5.91 Å². The molecule has 77 heavy (non-hydrogen) atoms. The molecule has 452 valence electrons. The van der Waals surface area contributed by atoms with E-state index in [1.165, 1.54) is 250 Å². The van der Waals surface area contributed by atoms with Gasteiger partial charge in [-0.1, -0.05) is 306 Å². The van der Waals surface area contributed by atoms with E-state index in [2.05, 4.69) is 55.6 Å². The van der Waals surface area contributed by atoms with Crippen LogP contribution in [0.15, 0.2) is 48.6 Å². The van der Waals surface area contributed by atoms with E-state index in [4.69, 9.17) is 9.47 Å². The van der Waals surface area contributed by atoms with Crippen LogP contribution in [0.2, 0.25) is 0 Å². The van der Waals surface area contributed by atoms with Crippen molar-refractivity contribution in [2.24, 2.45) is 0 Å². The number of nitrogens with one attached hydrogen (secondary N) is 1. The first-order valence-electron chi connectivity index (χ1n) is 33.4. The molecule has 1 fully saturated rings. The number of carbonyl (C=O) groups is 1. The number of hydrogen-bond acceptors (Lipinski definition) is 8. The number of aliphatic hydroxyl groups excluding tert-OH is 5. The number of rotatable bonds is 58. The summed E-state index contributed by atoms with van der Waals surface area (Å²) in [6.07, 6.45) is 70.5. The fraction of sp³-hybridized carbons (Fsp3) is 0.868. The Morgan fingerprint density at radius 1 is 0.442 bits per heavy atom. The van der Waals surface area contributed by atoms with Gasteiger partial charge in [0.1, 0.15) is 24.4 Å². The van der Waals surface area contributed by atoms with Gasteiger partial charge in [-0.05, 0) is 57.8 Å². The maximum atomic E-state index is 13.1. The van der Waals surface area contributed by atoms with Crippen LogP contribution in [0.1, 0.15) is 322 Å². The summed E-state index contributed by atoms with van der Waals surface area (Å²) in [7, 11) is 0. The molecule has 7 atom stereocenters. The summed E-state index contributed by atoms with van der Waals surface area (Å²) in [6, 6.07) is -0.806. The average Bonchev–Trinajstić information content (AvgIpc) is 3.43. The molecule has 0 spiro atoms. The van der Waals surface area contributed by atoms with Gasteiger partial charge in [0, 0.05) is 6.42 Å². The molecule has 1 amide bonds. The van der Waals surface area contributed by atoms with Crippen LogP contribution in [0.4, 0.5) is 0 Å². The molecule has 6 N–H and O–H groups in total.